The number of amides is 1. The number of carbonyl (C=O) groups is 1. The molecule has 1 amide bonds. The van der Waals surface area contributed by atoms with E-state index in [0.717, 1.165) is 6.07 Å². The predicted molar refractivity (Wildman–Crippen MR) is 103 cm³/mol. The predicted octanol–water partition coefficient (Wildman–Crippen LogP) is 2.55. The average molecular weight is 406 g/mol. The van der Waals surface area contributed by atoms with Crippen molar-refractivity contribution < 1.29 is 22.3 Å². The second-order valence-electron chi connectivity index (χ2n) is 7.12. The Kier molecular flexibility index (Phi) is 6.00. The van der Waals surface area contributed by atoms with Gasteiger partial charge in [0.2, 0.25) is 15.9 Å². The maximum Gasteiger partial charge on any atom is 0.246 e. The molecular formula is C20H23FN2O4S. The Morgan fingerprint density at radius 2 is 1.82 bits per heavy atom. The Balaban J connectivity index is 1.85. The van der Waals surface area contributed by atoms with Crippen LogP contribution in [0.15, 0.2) is 59.5 Å². The highest BCUT2D eigenvalue weighted by molar-refractivity contribution is 7.89. The first-order valence-electron chi connectivity index (χ1n) is 9.03. The number of para-hydroxylation sites is 1. The number of halogens is 1. The lowest BCUT2D eigenvalue weighted by Crippen LogP contribution is -2.50. The van der Waals surface area contributed by atoms with Crippen molar-refractivity contribution in [2.75, 3.05) is 19.7 Å². The number of hydrogen-bond donors (Lipinski definition) is 1. The number of hydrogen-bond acceptors (Lipinski definition) is 4. The fourth-order valence-electron chi connectivity index (χ4n) is 3.60. The molecule has 0 bridgehead atoms. The Morgan fingerprint density at radius 3 is 2.50 bits per heavy atom. The van der Waals surface area contributed by atoms with E-state index in [1.165, 1.54) is 22.5 Å². The molecule has 0 radical (unpaired) electrons. The number of primary amides is 1. The van der Waals surface area contributed by atoms with Crippen LogP contribution in [-0.4, -0.2) is 38.3 Å². The first kappa shape index (κ1) is 20.3. The fourth-order valence-corrected chi connectivity index (χ4v) is 5.25. The zero-order chi connectivity index (χ0) is 20.2. The third-order valence-electron chi connectivity index (χ3n) is 4.92. The van der Waals surface area contributed by atoms with E-state index in [2.05, 4.69) is 0 Å². The molecule has 8 heteroatoms. The highest BCUT2D eigenvalue weighted by atomic mass is 32.2. The van der Waals surface area contributed by atoms with Crippen LogP contribution in [0.3, 0.4) is 0 Å². The maximum absolute atomic E-state index is 14.1. The van der Waals surface area contributed by atoms with Crippen LogP contribution >= 0.6 is 0 Å². The molecule has 1 saturated heterocycles. The molecular weight excluding hydrogens is 383 g/mol. The summed E-state index contributed by atoms with van der Waals surface area (Å²) in [7, 11) is -4.03. The van der Waals surface area contributed by atoms with Gasteiger partial charge in [-0.25, -0.2) is 12.8 Å². The zero-order valence-electron chi connectivity index (χ0n) is 15.4. The van der Waals surface area contributed by atoms with Crippen LogP contribution in [0.2, 0.25) is 0 Å². The summed E-state index contributed by atoms with van der Waals surface area (Å²) in [6.45, 7) is 0.436. The molecule has 150 valence electrons. The Labute approximate surface area is 164 Å². The van der Waals surface area contributed by atoms with E-state index in [4.69, 9.17) is 10.5 Å². The van der Waals surface area contributed by atoms with Crippen molar-refractivity contribution in [1.29, 1.82) is 0 Å². The first-order chi connectivity index (χ1) is 13.3. The molecule has 0 saturated carbocycles. The van der Waals surface area contributed by atoms with E-state index in [-0.39, 0.29) is 31.0 Å². The van der Waals surface area contributed by atoms with Crippen molar-refractivity contribution in [3.63, 3.8) is 0 Å². The van der Waals surface area contributed by atoms with Crippen molar-refractivity contribution in [3.05, 3.63) is 60.4 Å². The Bertz CT molecular complexity index is 936. The van der Waals surface area contributed by atoms with Gasteiger partial charge in [-0.1, -0.05) is 30.3 Å². The molecule has 0 aromatic heterocycles. The molecule has 1 heterocycles. The van der Waals surface area contributed by atoms with Gasteiger partial charge in [-0.2, -0.15) is 4.31 Å². The number of benzene rings is 2. The van der Waals surface area contributed by atoms with Gasteiger partial charge in [-0.05, 0) is 37.1 Å². The van der Waals surface area contributed by atoms with Gasteiger partial charge in [0, 0.05) is 24.9 Å². The molecule has 0 unspecified atom stereocenters. The molecule has 1 atom stereocenters. The van der Waals surface area contributed by atoms with Gasteiger partial charge in [0.1, 0.15) is 16.5 Å². The van der Waals surface area contributed by atoms with Gasteiger partial charge >= 0.3 is 0 Å². The number of piperidine rings is 1. The average Bonchev–Trinajstić information content (AvgIpc) is 2.67. The van der Waals surface area contributed by atoms with Crippen LogP contribution in [0.1, 0.15) is 19.3 Å². The molecule has 6 nitrogen and oxygen atoms in total. The van der Waals surface area contributed by atoms with E-state index < -0.39 is 27.2 Å². The quantitative estimate of drug-likeness (QED) is 0.765. The summed E-state index contributed by atoms with van der Waals surface area (Å²) in [6, 6.07) is 14.4. The first-order valence-corrected chi connectivity index (χ1v) is 10.5. The number of sulfonamides is 1. The summed E-state index contributed by atoms with van der Waals surface area (Å²) in [6.07, 6.45) is 1.11. The van der Waals surface area contributed by atoms with E-state index in [1.54, 1.807) is 12.1 Å². The third-order valence-corrected chi connectivity index (χ3v) is 6.80. The monoisotopic (exact) mass is 406 g/mol. The number of nitrogens with zero attached hydrogens (tertiary/aromatic N) is 1. The largest absolute Gasteiger partial charge is 0.493 e. The standard InChI is InChI=1S/C20H23FN2O4S/c21-17-9-4-5-10-18(17)28(25,26)23-12-6-11-20(14-23,13-19(22)24)15-27-16-7-2-1-3-8-16/h1-5,7-10H,6,11-15H2,(H2,22,24)/t20-/m1/s1. The molecule has 2 aromatic rings. The molecule has 2 N–H and O–H groups in total. The molecule has 1 aliphatic rings. The van der Waals surface area contributed by atoms with Crippen LogP contribution in [0.5, 0.6) is 5.75 Å². The van der Waals surface area contributed by atoms with Crippen molar-refractivity contribution in [3.8, 4) is 5.75 Å². The van der Waals surface area contributed by atoms with E-state index in [0.29, 0.717) is 18.6 Å². The summed E-state index contributed by atoms with van der Waals surface area (Å²) in [5.41, 5.74) is 4.68. The second kappa shape index (κ2) is 8.28. The molecule has 2 aromatic carbocycles. The highest BCUT2D eigenvalue weighted by Gasteiger charge is 2.42. The Morgan fingerprint density at radius 1 is 1.14 bits per heavy atom. The summed E-state index contributed by atoms with van der Waals surface area (Å²) in [4.78, 5) is 11.3. The summed E-state index contributed by atoms with van der Waals surface area (Å²) < 4.78 is 47.1. The Hall–Kier alpha value is -2.45. The molecule has 0 spiro atoms. The number of nitrogens with two attached hydrogens (primary N) is 1. The highest BCUT2D eigenvalue weighted by Crippen LogP contribution is 2.37. The molecule has 3 rings (SSSR count). The molecule has 28 heavy (non-hydrogen) atoms. The SMILES string of the molecule is NC(=O)C[C@]1(COc2ccccc2)CCCN(S(=O)(=O)c2ccccc2F)C1. The minimum absolute atomic E-state index is 0.0108. The van der Waals surface area contributed by atoms with Crippen molar-refractivity contribution in [2.24, 2.45) is 11.1 Å². The van der Waals surface area contributed by atoms with E-state index in [9.17, 15) is 17.6 Å². The minimum Gasteiger partial charge on any atom is -0.493 e. The lowest BCUT2D eigenvalue weighted by atomic mass is 9.78. The van der Waals surface area contributed by atoms with Crippen molar-refractivity contribution in [1.82, 2.24) is 4.31 Å². The lowest BCUT2D eigenvalue weighted by Gasteiger charge is -2.41. The summed E-state index contributed by atoms with van der Waals surface area (Å²) in [5.74, 6) is -0.698. The smallest absolute Gasteiger partial charge is 0.246 e. The fraction of sp³-hybridized carbons (Fsp3) is 0.350. The third kappa shape index (κ3) is 4.51. The molecule has 0 aliphatic carbocycles. The number of carbonyl (C=O) groups excluding carboxylic acids is 1. The van der Waals surface area contributed by atoms with E-state index in [1.807, 2.05) is 18.2 Å². The topological polar surface area (TPSA) is 89.7 Å². The van der Waals surface area contributed by atoms with Crippen molar-refractivity contribution in [2.45, 2.75) is 24.2 Å². The van der Waals surface area contributed by atoms with E-state index >= 15 is 0 Å². The molecule has 1 aliphatic heterocycles. The van der Waals surface area contributed by atoms with Crippen LogP contribution in [0.25, 0.3) is 0 Å². The zero-order valence-corrected chi connectivity index (χ0v) is 16.2. The summed E-state index contributed by atoms with van der Waals surface area (Å²) in [5, 5.41) is 0. The van der Waals surface area contributed by atoms with Gasteiger partial charge < -0.3 is 10.5 Å². The van der Waals surface area contributed by atoms with Crippen LogP contribution in [-0.2, 0) is 14.8 Å². The summed E-state index contributed by atoms with van der Waals surface area (Å²) >= 11 is 0. The lowest BCUT2D eigenvalue weighted by molar-refractivity contribution is -0.121. The molecule has 1 fully saturated rings. The van der Waals surface area contributed by atoms with Gasteiger partial charge in [0.25, 0.3) is 0 Å². The van der Waals surface area contributed by atoms with Gasteiger partial charge in [-0.15, -0.1) is 0 Å². The number of ether oxygens (including phenoxy) is 1. The van der Waals surface area contributed by atoms with Gasteiger partial charge in [0.15, 0.2) is 0 Å². The second-order valence-corrected chi connectivity index (χ2v) is 9.02. The van der Waals surface area contributed by atoms with Gasteiger partial charge in [0.05, 0.1) is 6.61 Å². The van der Waals surface area contributed by atoms with Crippen LogP contribution < -0.4 is 10.5 Å². The maximum atomic E-state index is 14.1. The number of rotatable bonds is 7. The minimum atomic E-state index is -4.03. The normalized spacial score (nSPS) is 20.6. The van der Waals surface area contributed by atoms with Crippen molar-refractivity contribution >= 4 is 15.9 Å². The van der Waals surface area contributed by atoms with Crippen LogP contribution in [0.4, 0.5) is 4.39 Å². The van der Waals surface area contributed by atoms with Gasteiger partial charge in [-0.3, -0.25) is 4.79 Å². The van der Waals surface area contributed by atoms with Crippen LogP contribution in [0, 0.1) is 11.2 Å².